The second-order valence-electron chi connectivity index (χ2n) is 5.90. The molecule has 0 saturated heterocycles. The molecule has 3 N–H and O–H groups in total. The van der Waals surface area contributed by atoms with E-state index in [2.05, 4.69) is 11.5 Å². The maximum atomic E-state index is 5.76. The molecule has 2 aliphatic carbocycles. The molecule has 2 nitrogen and oxygen atoms in total. The summed E-state index contributed by atoms with van der Waals surface area (Å²) in [5.74, 6) is 6.76. The number of aryl methyl sites for hydroxylation is 2. The predicted molar refractivity (Wildman–Crippen MR) is 77.6 cm³/mol. The van der Waals surface area contributed by atoms with Crippen LogP contribution in [0.4, 0.5) is 0 Å². The quantitative estimate of drug-likeness (QED) is 0.483. The molecule has 1 atom stereocenters. The molecule has 1 aromatic heterocycles. The number of nitrogens with one attached hydrogen (secondary N) is 1. The Labute approximate surface area is 114 Å². The van der Waals surface area contributed by atoms with Crippen LogP contribution in [0.1, 0.15) is 66.3 Å². The van der Waals surface area contributed by atoms with E-state index in [1.165, 1.54) is 62.7 Å². The predicted octanol–water partition coefficient (Wildman–Crippen LogP) is 3.71. The Hall–Kier alpha value is -0.380. The van der Waals surface area contributed by atoms with Crippen molar-refractivity contribution in [3.63, 3.8) is 0 Å². The van der Waals surface area contributed by atoms with Crippen LogP contribution in [0.2, 0.25) is 0 Å². The van der Waals surface area contributed by atoms with Gasteiger partial charge in [-0.25, -0.2) is 0 Å². The van der Waals surface area contributed by atoms with Gasteiger partial charge in [-0.3, -0.25) is 11.3 Å². The summed E-state index contributed by atoms with van der Waals surface area (Å²) in [5.41, 5.74) is 4.65. The first kappa shape index (κ1) is 12.6. The lowest BCUT2D eigenvalue weighted by Crippen LogP contribution is -2.27. The third-order valence-electron chi connectivity index (χ3n) is 4.37. The maximum Gasteiger partial charge on any atom is 0.0553 e. The zero-order chi connectivity index (χ0) is 12.4. The number of hydrogen-bond acceptors (Lipinski definition) is 3. The average molecular weight is 264 g/mol. The lowest BCUT2D eigenvalue weighted by atomic mass is 10.1. The molecule has 1 heterocycles. The van der Waals surface area contributed by atoms with Crippen LogP contribution in [0, 0.1) is 5.92 Å². The van der Waals surface area contributed by atoms with Gasteiger partial charge in [0.05, 0.1) is 6.04 Å². The van der Waals surface area contributed by atoms with Gasteiger partial charge in [-0.15, -0.1) is 11.3 Å². The number of hydrazine groups is 1. The molecule has 0 spiro atoms. The topological polar surface area (TPSA) is 38.0 Å². The molecule has 18 heavy (non-hydrogen) atoms. The summed E-state index contributed by atoms with van der Waals surface area (Å²) >= 11 is 2.01. The van der Waals surface area contributed by atoms with Gasteiger partial charge in [0, 0.05) is 9.75 Å². The second kappa shape index (κ2) is 5.72. The van der Waals surface area contributed by atoms with Crippen LogP contribution in [-0.2, 0) is 12.8 Å². The van der Waals surface area contributed by atoms with Crippen molar-refractivity contribution >= 4 is 11.3 Å². The van der Waals surface area contributed by atoms with E-state index in [-0.39, 0.29) is 0 Å². The molecule has 3 rings (SSSR count). The molecule has 0 aromatic carbocycles. The van der Waals surface area contributed by atoms with Crippen LogP contribution in [0.15, 0.2) is 6.07 Å². The molecule has 0 bridgehead atoms. The molecule has 2 aliphatic rings. The van der Waals surface area contributed by atoms with Gasteiger partial charge in [0.1, 0.15) is 0 Å². The van der Waals surface area contributed by atoms with Gasteiger partial charge in [-0.1, -0.05) is 19.3 Å². The molecule has 1 saturated carbocycles. The van der Waals surface area contributed by atoms with Crippen molar-refractivity contribution in [1.82, 2.24) is 5.43 Å². The highest BCUT2D eigenvalue weighted by atomic mass is 32.1. The number of hydrogen-bond donors (Lipinski definition) is 2. The zero-order valence-corrected chi connectivity index (χ0v) is 11.9. The molecule has 1 fully saturated rings. The average Bonchev–Trinajstić information content (AvgIpc) is 3.16. The standard InChI is InChI=1S/C15H24N2S/c16-17-13(9-8-11-6-7-11)15-10-12-4-2-1-3-5-14(12)18-15/h10-11,13,17H,1-9,16H2. The smallest absolute Gasteiger partial charge is 0.0553 e. The molecule has 0 aliphatic heterocycles. The Kier molecular flexibility index (Phi) is 4.02. The van der Waals surface area contributed by atoms with Crippen LogP contribution in [0.25, 0.3) is 0 Å². The Morgan fingerprint density at radius 3 is 2.89 bits per heavy atom. The van der Waals surface area contributed by atoms with Crippen molar-refractivity contribution in [3.8, 4) is 0 Å². The first-order chi connectivity index (χ1) is 8.86. The van der Waals surface area contributed by atoms with Crippen LogP contribution in [0.3, 0.4) is 0 Å². The van der Waals surface area contributed by atoms with E-state index < -0.39 is 0 Å². The lowest BCUT2D eigenvalue weighted by Gasteiger charge is -2.13. The molecule has 1 unspecified atom stereocenters. The van der Waals surface area contributed by atoms with Gasteiger partial charge >= 0.3 is 0 Å². The summed E-state index contributed by atoms with van der Waals surface area (Å²) in [7, 11) is 0. The highest BCUT2D eigenvalue weighted by Crippen LogP contribution is 2.38. The highest BCUT2D eigenvalue weighted by molar-refractivity contribution is 7.12. The number of fused-ring (bicyclic) bond motifs is 1. The minimum absolute atomic E-state index is 0.391. The molecule has 0 radical (unpaired) electrons. The second-order valence-corrected chi connectivity index (χ2v) is 7.07. The number of thiophene rings is 1. The molecule has 1 aromatic rings. The van der Waals surface area contributed by atoms with E-state index >= 15 is 0 Å². The Morgan fingerprint density at radius 1 is 1.28 bits per heavy atom. The molecular formula is C15H24N2S. The lowest BCUT2D eigenvalue weighted by molar-refractivity contribution is 0.488. The summed E-state index contributed by atoms with van der Waals surface area (Å²) in [6.45, 7) is 0. The normalized spacial score (nSPS) is 21.4. The summed E-state index contributed by atoms with van der Waals surface area (Å²) in [6.07, 6.45) is 12.2. The van der Waals surface area contributed by atoms with E-state index in [1.54, 1.807) is 10.4 Å². The van der Waals surface area contributed by atoms with Crippen LogP contribution in [0.5, 0.6) is 0 Å². The SMILES string of the molecule is NNC(CCC1CC1)c1cc2c(s1)CCCCC2. The third-order valence-corrected chi connectivity index (χ3v) is 5.72. The maximum absolute atomic E-state index is 5.76. The Morgan fingerprint density at radius 2 is 2.11 bits per heavy atom. The largest absolute Gasteiger partial charge is 0.271 e. The van der Waals surface area contributed by atoms with Crippen LogP contribution >= 0.6 is 11.3 Å². The number of rotatable bonds is 5. The number of nitrogens with two attached hydrogens (primary N) is 1. The van der Waals surface area contributed by atoms with Crippen molar-refractivity contribution in [3.05, 3.63) is 21.4 Å². The van der Waals surface area contributed by atoms with E-state index in [0.717, 1.165) is 5.92 Å². The monoisotopic (exact) mass is 264 g/mol. The van der Waals surface area contributed by atoms with E-state index in [0.29, 0.717) is 6.04 Å². The fourth-order valence-electron chi connectivity index (χ4n) is 2.98. The van der Waals surface area contributed by atoms with Crippen molar-refractivity contribution in [2.75, 3.05) is 0 Å². The third kappa shape index (κ3) is 2.95. The van der Waals surface area contributed by atoms with E-state index in [4.69, 9.17) is 5.84 Å². The summed E-state index contributed by atoms with van der Waals surface area (Å²) in [5, 5.41) is 0. The van der Waals surface area contributed by atoms with E-state index in [9.17, 15) is 0 Å². The van der Waals surface area contributed by atoms with Gasteiger partial charge in [0.25, 0.3) is 0 Å². The van der Waals surface area contributed by atoms with Crippen LogP contribution < -0.4 is 11.3 Å². The zero-order valence-electron chi connectivity index (χ0n) is 11.1. The minimum atomic E-state index is 0.391. The Bertz CT molecular complexity index is 372. The van der Waals surface area contributed by atoms with Gasteiger partial charge in [0.15, 0.2) is 0 Å². The molecule has 100 valence electrons. The first-order valence-corrected chi connectivity index (χ1v) is 8.26. The van der Waals surface area contributed by atoms with Gasteiger partial charge < -0.3 is 0 Å². The van der Waals surface area contributed by atoms with Gasteiger partial charge in [-0.05, 0) is 56.1 Å². The summed E-state index contributed by atoms with van der Waals surface area (Å²) in [4.78, 5) is 3.11. The highest BCUT2D eigenvalue weighted by Gasteiger charge is 2.24. The van der Waals surface area contributed by atoms with Crippen LogP contribution in [-0.4, -0.2) is 0 Å². The summed E-state index contributed by atoms with van der Waals surface area (Å²) in [6, 6.07) is 2.82. The molecule has 0 amide bonds. The van der Waals surface area contributed by atoms with Crippen molar-refractivity contribution in [1.29, 1.82) is 0 Å². The van der Waals surface area contributed by atoms with Gasteiger partial charge in [-0.2, -0.15) is 0 Å². The minimum Gasteiger partial charge on any atom is -0.271 e. The van der Waals surface area contributed by atoms with Crippen molar-refractivity contribution in [2.45, 2.75) is 63.8 Å². The fourth-order valence-corrected chi connectivity index (χ4v) is 4.33. The van der Waals surface area contributed by atoms with Crippen molar-refractivity contribution < 1.29 is 0 Å². The fraction of sp³-hybridized carbons (Fsp3) is 0.733. The van der Waals surface area contributed by atoms with Crippen molar-refractivity contribution in [2.24, 2.45) is 11.8 Å². The first-order valence-electron chi connectivity index (χ1n) is 7.44. The van der Waals surface area contributed by atoms with Gasteiger partial charge in [0.2, 0.25) is 0 Å². The van der Waals surface area contributed by atoms with E-state index in [1.807, 2.05) is 11.3 Å². The summed E-state index contributed by atoms with van der Waals surface area (Å²) < 4.78 is 0. The Balaban J connectivity index is 1.68. The molecule has 3 heteroatoms. The molecular weight excluding hydrogens is 240 g/mol.